The van der Waals surface area contributed by atoms with Gasteiger partial charge in [-0.1, -0.05) is 103 Å². The lowest BCUT2D eigenvalue weighted by atomic mass is 10.0. The predicted octanol–water partition coefficient (Wildman–Crippen LogP) is 6.33. The summed E-state index contributed by atoms with van der Waals surface area (Å²) in [7, 11) is 0. The number of nitrogens with zero attached hydrogens (tertiary/aromatic N) is 6. The molecule has 4 amide bonds. The molecular formula is C51H40ClF3N10O6. The van der Waals surface area contributed by atoms with Crippen LogP contribution >= 0.6 is 11.6 Å². The Morgan fingerprint density at radius 3 is 1.44 bits per heavy atom. The highest BCUT2D eigenvalue weighted by atomic mass is 35.5. The molecule has 0 fully saturated rings. The summed E-state index contributed by atoms with van der Waals surface area (Å²) >= 11 is 6.28. The molecule has 8 aromatic rings. The van der Waals surface area contributed by atoms with Gasteiger partial charge in [-0.25, -0.2) is 19.9 Å². The summed E-state index contributed by atoms with van der Waals surface area (Å²) in [6.07, 6.45) is 4.79. The number of imidazole rings is 2. The molecule has 0 aliphatic rings. The van der Waals surface area contributed by atoms with E-state index in [9.17, 15) is 41.9 Å². The number of halogens is 4. The Morgan fingerprint density at radius 2 is 0.986 bits per heavy atom. The molecule has 2 atom stereocenters. The Labute approximate surface area is 407 Å². The molecule has 4 aromatic heterocycles. The molecule has 20 heteroatoms. The van der Waals surface area contributed by atoms with E-state index < -0.39 is 59.0 Å². The lowest BCUT2D eigenvalue weighted by molar-refractivity contribution is -0.137. The Bertz CT molecular complexity index is 3220. The van der Waals surface area contributed by atoms with Crippen molar-refractivity contribution in [2.45, 2.75) is 31.1 Å². The second-order valence-electron chi connectivity index (χ2n) is 15.5. The fraction of sp³-hybridized carbons (Fsp3) is 0.0980. The van der Waals surface area contributed by atoms with Crippen molar-refractivity contribution in [1.29, 1.82) is 0 Å². The summed E-state index contributed by atoms with van der Waals surface area (Å²) in [4.78, 5) is 91.5. The zero-order chi connectivity index (χ0) is 50.7. The number of ketones is 2. The number of carbonyl (C=O) groups excluding carboxylic acids is 6. The van der Waals surface area contributed by atoms with Crippen molar-refractivity contribution >= 4 is 46.8 Å². The van der Waals surface area contributed by atoms with Gasteiger partial charge in [0.25, 0.3) is 23.6 Å². The zero-order valence-corrected chi connectivity index (χ0v) is 37.8. The summed E-state index contributed by atoms with van der Waals surface area (Å²) in [5.41, 5.74) is 13.5. The number of amides is 4. The molecule has 0 bridgehead atoms. The van der Waals surface area contributed by atoms with E-state index in [1.165, 1.54) is 60.1 Å². The van der Waals surface area contributed by atoms with Crippen molar-refractivity contribution in [1.82, 2.24) is 39.7 Å². The van der Waals surface area contributed by atoms with Gasteiger partial charge in [0.05, 0.1) is 33.1 Å². The number of nitrogens with two attached hydrogens (primary N) is 2. The molecule has 4 heterocycles. The van der Waals surface area contributed by atoms with E-state index in [-0.39, 0.29) is 29.8 Å². The van der Waals surface area contributed by atoms with Gasteiger partial charge in [-0.2, -0.15) is 13.2 Å². The summed E-state index contributed by atoms with van der Waals surface area (Å²) in [6, 6.07) is 33.5. The van der Waals surface area contributed by atoms with Crippen LogP contribution in [0.25, 0.3) is 34.2 Å². The normalized spacial score (nSPS) is 11.8. The third-order valence-electron chi connectivity index (χ3n) is 10.7. The van der Waals surface area contributed by atoms with Gasteiger partial charge >= 0.3 is 6.18 Å². The average Bonchev–Trinajstić information content (AvgIpc) is 4.08. The number of carbonyl (C=O) groups is 6. The van der Waals surface area contributed by atoms with Crippen LogP contribution in [-0.2, 0) is 38.2 Å². The highest BCUT2D eigenvalue weighted by Gasteiger charge is 2.31. The standard InChI is InChI=1S/C26H20F3N5O3.C25H20ClN5O3/c27-26(28,29)18-10-8-17(9-11-18)21-14-34(15-32-21)24-19(7-4-12-31-24)25(37)33-20(22(35)23(30)36)13-16-5-2-1-3-6-16;26-19-11-5-4-9-17(19)21-14-31(15-29-21)24-18(10-6-12-28-24)25(34)30-20(22(32)23(27)33)13-16-7-2-1-3-8-16/h1-12,14-15,20H,13H2,(H2,30,36)(H,33,37);1-12,14-15,20H,13H2,(H2,27,33)(H,30,34). The molecule has 0 aliphatic carbocycles. The molecular weight excluding hydrogens is 941 g/mol. The van der Waals surface area contributed by atoms with Gasteiger partial charge in [-0.15, -0.1) is 0 Å². The maximum atomic E-state index is 13.2. The number of alkyl halides is 3. The van der Waals surface area contributed by atoms with Crippen LogP contribution in [-0.4, -0.2) is 76.3 Å². The Kier molecular flexibility index (Phi) is 15.7. The lowest BCUT2D eigenvalue weighted by Gasteiger charge is -2.17. The topological polar surface area (TPSA) is 240 Å². The third kappa shape index (κ3) is 12.5. The number of Topliss-reactive ketones (excluding diaryl/α,β-unsaturated/α-hetero) is 2. The highest BCUT2D eigenvalue weighted by Crippen LogP contribution is 2.31. The Hall–Kier alpha value is -9.10. The lowest BCUT2D eigenvalue weighted by Crippen LogP contribution is -2.47. The monoisotopic (exact) mass is 980 g/mol. The van der Waals surface area contributed by atoms with Gasteiger partial charge in [0.2, 0.25) is 11.6 Å². The van der Waals surface area contributed by atoms with Gasteiger partial charge in [-0.3, -0.25) is 37.9 Å². The number of aromatic nitrogens is 6. The molecule has 0 aliphatic heterocycles. The fourth-order valence-electron chi connectivity index (χ4n) is 7.16. The van der Waals surface area contributed by atoms with Crippen molar-refractivity contribution in [2.75, 3.05) is 0 Å². The molecule has 16 nitrogen and oxygen atoms in total. The van der Waals surface area contributed by atoms with Crippen LogP contribution in [0.4, 0.5) is 13.2 Å². The van der Waals surface area contributed by atoms with Crippen LogP contribution in [0.2, 0.25) is 5.02 Å². The number of rotatable bonds is 16. The number of pyridine rings is 2. The first kappa shape index (κ1) is 49.8. The number of nitrogens with one attached hydrogen (secondary N) is 2. The molecule has 8 rings (SSSR count). The molecule has 4 aromatic carbocycles. The molecule has 0 saturated heterocycles. The first-order chi connectivity index (χ1) is 34.1. The van der Waals surface area contributed by atoms with Crippen LogP contribution in [0.5, 0.6) is 0 Å². The second-order valence-corrected chi connectivity index (χ2v) is 15.9. The van der Waals surface area contributed by atoms with Crippen molar-refractivity contribution in [3.8, 4) is 34.2 Å². The third-order valence-corrected chi connectivity index (χ3v) is 11.0. The summed E-state index contributed by atoms with van der Waals surface area (Å²) in [5.74, 6) is -4.92. The van der Waals surface area contributed by atoms with E-state index in [0.29, 0.717) is 33.4 Å². The SMILES string of the molecule is NC(=O)C(=O)C(Cc1ccccc1)NC(=O)c1cccnc1-n1cnc(-c2ccc(C(F)(F)F)cc2)c1.NC(=O)C(=O)C(Cc1ccccc1)NC(=O)c1cccnc1-n1cnc(-c2ccccc2Cl)c1. The summed E-state index contributed by atoms with van der Waals surface area (Å²) < 4.78 is 41.6. The average molecular weight is 981 g/mol. The van der Waals surface area contributed by atoms with E-state index in [4.69, 9.17) is 23.1 Å². The highest BCUT2D eigenvalue weighted by molar-refractivity contribution is 6.38. The number of primary amides is 2. The fourth-order valence-corrected chi connectivity index (χ4v) is 7.39. The van der Waals surface area contributed by atoms with Gasteiger partial charge in [0.1, 0.15) is 24.7 Å². The van der Waals surface area contributed by atoms with Gasteiger partial charge in [-0.05, 0) is 53.6 Å². The number of hydrogen-bond donors (Lipinski definition) is 4. The Morgan fingerprint density at radius 1 is 0.549 bits per heavy atom. The van der Waals surface area contributed by atoms with Crippen LogP contribution in [0, 0.1) is 0 Å². The van der Waals surface area contributed by atoms with E-state index in [0.717, 1.165) is 23.3 Å². The van der Waals surface area contributed by atoms with Crippen molar-refractivity contribution in [3.63, 3.8) is 0 Å². The minimum absolute atomic E-state index is 0.0487. The van der Waals surface area contributed by atoms with E-state index in [2.05, 4.69) is 30.6 Å². The number of hydrogen-bond acceptors (Lipinski definition) is 10. The molecule has 71 heavy (non-hydrogen) atoms. The van der Waals surface area contributed by atoms with Gasteiger partial charge < -0.3 is 22.1 Å². The minimum Gasteiger partial charge on any atom is -0.363 e. The van der Waals surface area contributed by atoms with Crippen LogP contribution in [0.15, 0.2) is 171 Å². The van der Waals surface area contributed by atoms with Crippen LogP contribution in [0.1, 0.15) is 37.4 Å². The smallest absolute Gasteiger partial charge is 0.363 e. The van der Waals surface area contributed by atoms with Crippen LogP contribution < -0.4 is 22.1 Å². The first-order valence-electron chi connectivity index (χ1n) is 21.4. The second kappa shape index (κ2) is 22.3. The van der Waals surface area contributed by atoms with Gasteiger partial charge in [0.15, 0.2) is 11.6 Å². The van der Waals surface area contributed by atoms with Crippen molar-refractivity contribution in [3.05, 3.63) is 204 Å². The van der Waals surface area contributed by atoms with Crippen molar-refractivity contribution < 1.29 is 41.9 Å². The van der Waals surface area contributed by atoms with E-state index in [1.807, 2.05) is 24.3 Å². The maximum absolute atomic E-state index is 13.2. The zero-order valence-electron chi connectivity index (χ0n) is 37.0. The molecule has 0 saturated carbocycles. The summed E-state index contributed by atoms with van der Waals surface area (Å²) in [6.45, 7) is 0. The van der Waals surface area contributed by atoms with E-state index in [1.54, 1.807) is 83.6 Å². The summed E-state index contributed by atoms with van der Waals surface area (Å²) in [5, 5.41) is 5.74. The first-order valence-corrected chi connectivity index (χ1v) is 21.7. The maximum Gasteiger partial charge on any atom is 0.416 e. The minimum atomic E-state index is -4.46. The molecule has 0 radical (unpaired) electrons. The predicted molar refractivity (Wildman–Crippen MR) is 255 cm³/mol. The quantitative estimate of drug-likeness (QED) is 0.0785. The number of benzene rings is 4. The van der Waals surface area contributed by atoms with Crippen LogP contribution in [0.3, 0.4) is 0 Å². The molecule has 2 unspecified atom stereocenters. The molecule has 358 valence electrons. The molecule has 0 spiro atoms. The van der Waals surface area contributed by atoms with Crippen molar-refractivity contribution in [2.24, 2.45) is 11.5 Å². The largest absolute Gasteiger partial charge is 0.416 e. The Balaban J connectivity index is 0.000000209. The van der Waals surface area contributed by atoms with E-state index >= 15 is 0 Å². The van der Waals surface area contributed by atoms with Gasteiger partial charge in [0, 0.05) is 48.8 Å². The molecule has 6 N–H and O–H groups in total.